The Balaban J connectivity index is 1.73. The molecule has 112 valence electrons. The molecule has 1 aliphatic heterocycles. The molecule has 2 amide bonds. The Morgan fingerprint density at radius 1 is 1.05 bits per heavy atom. The highest BCUT2D eigenvalue weighted by molar-refractivity contribution is 5.98. The van der Waals surface area contributed by atoms with Crippen molar-refractivity contribution >= 4 is 11.8 Å². The Morgan fingerprint density at radius 2 is 1.71 bits per heavy atom. The molecular weight excluding hydrogens is 266 g/mol. The van der Waals surface area contributed by atoms with E-state index in [4.69, 9.17) is 0 Å². The first-order valence-electron chi connectivity index (χ1n) is 7.69. The largest absolute Gasteiger partial charge is 0.508 e. The normalized spacial score (nSPS) is 21.8. The van der Waals surface area contributed by atoms with Crippen molar-refractivity contribution in [2.24, 2.45) is 5.41 Å². The number of aromatic hydroxyl groups is 1. The number of rotatable bonds is 2. The zero-order chi connectivity index (χ0) is 14.9. The number of amides is 2. The number of carbonyl (C=O) groups is 2. The van der Waals surface area contributed by atoms with Gasteiger partial charge in [0.05, 0.1) is 6.54 Å². The number of phenols is 1. The monoisotopic (exact) mass is 287 g/mol. The van der Waals surface area contributed by atoms with Gasteiger partial charge in [-0.25, -0.2) is 0 Å². The second-order valence-electron chi connectivity index (χ2n) is 6.46. The van der Waals surface area contributed by atoms with Gasteiger partial charge in [-0.15, -0.1) is 0 Å². The molecule has 21 heavy (non-hydrogen) atoms. The number of hydrogen-bond acceptors (Lipinski definition) is 3. The number of likely N-dealkylation sites (tertiary alicyclic amines) is 1. The minimum absolute atomic E-state index is 0.0588. The lowest BCUT2D eigenvalue weighted by Crippen LogP contribution is -2.48. The van der Waals surface area contributed by atoms with E-state index in [1.54, 1.807) is 18.2 Å². The van der Waals surface area contributed by atoms with E-state index in [9.17, 15) is 14.7 Å². The van der Waals surface area contributed by atoms with Crippen LogP contribution in [0, 0.1) is 5.41 Å². The highest BCUT2D eigenvalue weighted by Gasteiger charge is 2.43. The van der Waals surface area contributed by atoms with Crippen LogP contribution >= 0.6 is 0 Å². The molecule has 0 unspecified atom stereocenters. The molecule has 1 saturated carbocycles. The first-order valence-corrected chi connectivity index (χ1v) is 7.69. The molecule has 1 aromatic carbocycles. The summed E-state index contributed by atoms with van der Waals surface area (Å²) in [5.74, 6) is 0.0427. The molecular formula is C17H21NO3. The number of phenolic OH excluding ortho intramolecular Hbond substituents is 1. The summed E-state index contributed by atoms with van der Waals surface area (Å²) in [6.07, 6.45) is 6.49. The second kappa shape index (κ2) is 5.51. The van der Waals surface area contributed by atoms with E-state index in [1.165, 1.54) is 11.3 Å². The van der Waals surface area contributed by atoms with Crippen LogP contribution in [-0.2, 0) is 16.1 Å². The van der Waals surface area contributed by atoms with Crippen molar-refractivity contribution in [2.45, 2.75) is 51.5 Å². The Hall–Kier alpha value is -1.84. The van der Waals surface area contributed by atoms with Crippen LogP contribution in [0.15, 0.2) is 24.3 Å². The maximum absolute atomic E-state index is 12.4. The number of piperidine rings is 1. The Kier molecular flexibility index (Phi) is 3.70. The molecule has 2 fully saturated rings. The summed E-state index contributed by atoms with van der Waals surface area (Å²) >= 11 is 0. The minimum atomic E-state index is -0.0677. The highest BCUT2D eigenvalue weighted by Crippen LogP contribution is 2.45. The summed E-state index contributed by atoms with van der Waals surface area (Å²) < 4.78 is 0. The van der Waals surface area contributed by atoms with Crippen molar-refractivity contribution in [1.82, 2.24) is 4.90 Å². The predicted molar refractivity (Wildman–Crippen MR) is 78.4 cm³/mol. The maximum atomic E-state index is 12.4. The first-order chi connectivity index (χ1) is 10.1. The van der Waals surface area contributed by atoms with Crippen molar-refractivity contribution in [3.05, 3.63) is 29.8 Å². The average molecular weight is 287 g/mol. The van der Waals surface area contributed by atoms with E-state index in [-0.39, 0.29) is 29.5 Å². The standard InChI is InChI=1S/C17H21NO3/c19-14-6-4-5-13(9-14)12-18-15(20)10-17(11-16(18)21)7-2-1-3-8-17/h4-6,9,19H,1-3,7-8,10-12H2. The van der Waals surface area contributed by atoms with E-state index in [2.05, 4.69) is 0 Å². The Morgan fingerprint density at radius 3 is 2.33 bits per heavy atom. The second-order valence-corrected chi connectivity index (χ2v) is 6.46. The molecule has 0 radical (unpaired) electrons. The van der Waals surface area contributed by atoms with Gasteiger partial charge in [0, 0.05) is 12.8 Å². The summed E-state index contributed by atoms with van der Waals surface area (Å²) in [4.78, 5) is 26.2. The van der Waals surface area contributed by atoms with Gasteiger partial charge in [-0.1, -0.05) is 31.4 Å². The van der Waals surface area contributed by atoms with Gasteiger partial charge < -0.3 is 5.11 Å². The van der Waals surface area contributed by atoms with E-state index in [1.807, 2.05) is 6.07 Å². The fourth-order valence-corrected chi connectivity index (χ4v) is 3.70. The number of benzene rings is 1. The lowest BCUT2D eigenvalue weighted by molar-refractivity contribution is -0.155. The smallest absolute Gasteiger partial charge is 0.230 e. The minimum Gasteiger partial charge on any atom is -0.508 e. The summed E-state index contributed by atoms with van der Waals surface area (Å²) in [6, 6.07) is 6.74. The van der Waals surface area contributed by atoms with Gasteiger partial charge in [0.15, 0.2) is 0 Å². The van der Waals surface area contributed by atoms with Crippen LogP contribution in [0.2, 0.25) is 0 Å². The third-order valence-electron chi connectivity index (χ3n) is 4.82. The van der Waals surface area contributed by atoms with Gasteiger partial charge >= 0.3 is 0 Å². The molecule has 1 aliphatic carbocycles. The topological polar surface area (TPSA) is 57.6 Å². The number of nitrogens with zero attached hydrogens (tertiary/aromatic N) is 1. The summed E-state index contributed by atoms with van der Waals surface area (Å²) in [7, 11) is 0. The zero-order valence-corrected chi connectivity index (χ0v) is 12.2. The van der Waals surface area contributed by atoms with Crippen molar-refractivity contribution in [2.75, 3.05) is 0 Å². The molecule has 4 nitrogen and oxygen atoms in total. The molecule has 1 N–H and O–H groups in total. The SMILES string of the molecule is O=C1CC2(CCCCC2)CC(=O)N1Cc1cccc(O)c1. The van der Waals surface area contributed by atoms with E-state index < -0.39 is 0 Å². The third kappa shape index (κ3) is 2.94. The highest BCUT2D eigenvalue weighted by atomic mass is 16.3. The van der Waals surface area contributed by atoms with Crippen LogP contribution in [0.25, 0.3) is 0 Å². The third-order valence-corrected chi connectivity index (χ3v) is 4.82. The molecule has 0 bridgehead atoms. The van der Waals surface area contributed by atoms with Gasteiger partial charge in [-0.2, -0.15) is 0 Å². The van der Waals surface area contributed by atoms with Gasteiger partial charge in [0.2, 0.25) is 11.8 Å². The van der Waals surface area contributed by atoms with Crippen LogP contribution in [0.3, 0.4) is 0 Å². The Bertz CT molecular complexity index is 541. The van der Waals surface area contributed by atoms with E-state index >= 15 is 0 Å². The van der Waals surface area contributed by atoms with Crippen LogP contribution in [0.4, 0.5) is 0 Å². The maximum Gasteiger partial charge on any atom is 0.230 e. The Labute approximate surface area is 124 Å². The van der Waals surface area contributed by atoms with Gasteiger partial charge in [-0.3, -0.25) is 14.5 Å². The lowest BCUT2D eigenvalue weighted by atomic mass is 9.67. The average Bonchev–Trinajstić information content (AvgIpc) is 2.44. The number of carbonyl (C=O) groups excluding carboxylic acids is 2. The van der Waals surface area contributed by atoms with Crippen LogP contribution in [0.1, 0.15) is 50.5 Å². The van der Waals surface area contributed by atoms with Crippen LogP contribution < -0.4 is 0 Å². The van der Waals surface area contributed by atoms with Crippen LogP contribution in [-0.4, -0.2) is 21.8 Å². The molecule has 1 heterocycles. The molecule has 1 saturated heterocycles. The van der Waals surface area contributed by atoms with Crippen molar-refractivity contribution in [1.29, 1.82) is 0 Å². The zero-order valence-electron chi connectivity index (χ0n) is 12.2. The molecule has 3 rings (SSSR count). The van der Waals surface area contributed by atoms with Gasteiger partial charge in [-0.05, 0) is 36.0 Å². The van der Waals surface area contributed by atoms with E-state index in [0.717, 1.165) is 31.2 Å². The predicted octanol–water partition coefficient (Wildman–Crippen LogP) is 2.99. The van der Waals surface area contributed by atoms with Gasteiger partial charge in [0.25, 0.3) is 0 Å². The molecule has 0 atom stereocenters. The van der Waals surface area contributed by atoms with E-state index in [0.29, 0.717) is 12.8 Å². The molecule has 2 aliphatic rings. The molecule has 1 aromatic rings. The quantitative estimate of drug-likeness (QED) is 0.851. The fourth-order valence-electron chi connectivity index (χ4n) is 3.70. The van der Waals surface area contributed by atoms with Crippen molar-refractivity contribution in [3.63, 3.8) is 0 Å². The number of imide groups is 1. The molecule has 0 aromatic heterocycles. The molecule has 4 heteroatoms. The summed E-state index contributed by atoms with van der Waals surface area (Å²) in [5, 5.41) is 9.48. The fraction of sp³-hybridized carbons (Fsp3) is 0.529. The van der Waals surface area contributed by atoms with Crippen molar-refractivity contribution in [3.8, 4) is 5.75 Å². The van der Waals surface area contributed by atoms with Crippen LogP contribution in [0.5, 0.6) is 5.75 Å². The summed E-state index contributed by atoms with van der Waals surface area (Å²) in [6.45, 7) is 0.266. The molecule has 1 spiro atoms. The lowest BCUT2D eigenvalue weighted by Gasteiger charge is -2.42. The van der Waals surface area contributed by atoms with Gasteiger partial charge in [0.1, 0.15) is 5.75 Å². The first kappa shape index (κ1) is 14.1. The summed E-state index contributed by atoms with van der Waals surface area (Å²) in [5.41, 5.74) is 0.721. The number of hydrogen-bond donors (Lipinski definition) is 1. The van der Waals surface area contributed by atoms with Crippen molar-refractivity contribution < 1.29 is 14.7 Å².